The molecule has 0 radical (unpaired) electrons. The highest BCUT2D eigenvalue weighted by atomic mass is 32.2. The molecule has 2 atom stereocenters. The highest BCUT2D eigenvalue weighted by molar-refractivity contribution is 7.99. The van der Waals surface area contributed by atoms with Gasteiger partial charge in [0.05, 0.1) is 23.5 Å². The first-order valence-corrected chi connectivity index (χ1v) is 11.0. The van der Waals surface area contributed by atoms with Crippen LogP contribution in [-0.4, -0.2) is 42.9 Å². The number of amides is 2. The van der Waals surface area contributed by atoms with E-state index in [4.69, 9.17) is 0 Å². The average molecular weight is 421 g/mol. The summed E-state index contributed by atoms with van der Waals surface area (Å²) in [5.41, 5.74) is 3.92. The third kappa shape index (κ3) is 6.92. The van der Waals surface area contributed by atoms with E-state index in [0.717, 1.165) is 22.5 Å². The number of nitrogens with one attached hydrogen (secondary N) is 2. The third-order valence-electron chi connectivity index (χ3n) is 4.74. The maximum absolute atomic E-state index is 12.1. The molecule has 2 rings (SSSR count). The monoisotopic (exact) mass is 420 g/mol. The molecule has 0 spiro atoms. The largest absolute Gasteiger partial charge is 0.349 e. The number of hydrogen-bond donors (Lipinski definition) is 2. The molecule has 0 saturated carbocycles. The van der Waals surface area contributed by atoms with Crippen molar-refractivity contribution in [2.75, 3.05) is 11.5 Å². The molecule has 0 aliphatic rings. The first-order valence-electron chi connectivity index (χ1n) is 9.84. The van der Waals surface area contributed by atoms with Crippen molar-refractivity contribution in [3.05, 3.63) is 34.9 Å². The number of aromatic nitrogens is 4. The van der Waals surface area contributed by atoms with Crippen LogP contribution in [-0.2, 0) is 23.7 Å². The van der Waals surface area contributed by atoms with Gasteiger partial charge in [-0.15, -0.1) is 0 Å². The fourth-order valence-corrected chi connectivity index (χ4v) is 4.16. The minimum absolute atomic E-state index is 0.0124. The number of carbonyl (C=O) groups is 2. The van der Waals surface area contributed by atoms with Crippen LogP contribution in [0.4, 0.5) is 0 Å². The molecule has 0 fully saturated rings. The van der Waals surface area contributed by atoms with E-state index in [1.807, 2.05) is 54.2 Å². The van der Waals surface area contributed by atoms with E-state index in [2.05, 4.69) is 20.8 Å². The summed E-state index contributed by atoms with van der Waals surface area (Å²) in [5, 5.41) is 14.6. The molecule has 2 aromatic rings. The maximum Gasteiger partial charge on any atom is 0.221 e. The van der Waals surface area contributed by atoms with E-state index in [9.17, 15) is 9.59 Å². The molecule has 160 valence electrons. The van der Waals surface area contributed by atoms with Crippen molar-refractivity contribution in [2.45, 2.75) is 52.6 Å². The van der Waals surface area contributed by atoms with Crippen LogP contribution in [0.15, 0.2) is 12.4 Å². The Morgan fingerprint density at radius 2 is 1.28 bits per heavy atom. The van der Waals surface area contributed by atoms with E-state index in [-0.39, 0.29) is 23.9 Å². The van der Waals surface area contributed by atoms with Gasteiger partial charge in [-0.3, -0.25) is 19.0 Å². The Kier molecular flexibility index (Phi) is 8.31. The van der Waals surface area contributed by atoms with Crippen LogP contribution in [0.2, 0.25) is 0 Å². The van der Waals surface area contributed by atoms with Gasteiger partial charge in [0, 0.05) is 62.0 Å². The van der Waals surface area contributed by atoms with Crippen LogP contribution in [0.25, 0.3) is 0 Å². The second kappa shape index (κ2) is 10.5. The smallest absolute Gasteiger partial charge is 0.221 e. The predicted octanol–water partition coefficient (Wildman–Crippen LogP) is 2.34. The second-order valence-corrected chi connectivity index (χ2v) is 8.60. The Balaban J connectivity index is 1.62. The summed E-state index contributed by atoms with van der Waals surface area (Å²) in [4.78, 5) is 24.3. The van der Waals surface area contributed by atoms with E-state index < -0.39 is 0 Å². The van der Waals surface area contributed by atoms with E-state index in [1.165, 1.54) is 0 Å². The zero-order chi connectivity index (χ0) is 21.6. The molecule has 0 aliphatic carbocycles. The highest BCUT2D eigenvalue weighted by Gasteiger charge is 2.15. The van der Waals surface area contributed by atoms with Gasteiger partial charge in [0.15, 0.2) is 0 Å². The van der Waals surface area contributed by atoms with Gasteiger partial charge in [-0.25, -0.2) is 0 Å². The number of carbonyl (C=O) groups excluding carboxylic acids is 2. The summed E-state index contributed by atoms with van der Waals surface area (Å²) in [6.45, 7) is 7.81. The van der Waals surface area contributed by atoms with Crippen molar-refractivity contribution in [1.29, 1.82) is 0 Å². The molecule has 2 heterocycles. The van der Waals surface area contributed by atoms with Crippen LogP contribution in [0.3, 0.4) is 0 Å². The number of nitrogens with zero attached hydrogens (tertiary/aromatic N) is 4. The lowest BCUT2D eigenvalue weighted by Gasteiger charge is -2.14. The van der Waals surface area contributed by atoms with E-state index in [0.29, 0.717) is 24.3 Å². The molecule has 0 aromatic carbocycles. The number of thioether (sulfide) groups is 1. The second-order valence-electron chi connectivity index (χ2n) is 7.38. The SMILES string of the molecule is Cc1nn(C)cc1C(C)NC(=O)CCSCCC(=O)NC(C)c1cn(C)nc1C. The molecule has 0 bridgehead atoms. The Hall–Kier alpha value is -2.29. The third-order valence-corrected chi connectivity index (χ3v) is 5.72. The Morgan fingerprint density at radius 3 is 1.59 bits per heavy atom. The summed E-state index contributed by atoms with van der Waals surface area (Å²) in [5.74, 6) is 1.40. The summed E-state index contributed by atoms with van der Waals surface area (Å²) >= 11 is 1.62. The molecular formula is C20H32N6O2S. The van der Waals surface area contributed by atoms with Gasteiger partial charge >= 0.3 is 0 Å². The lowest BCUT2D eigenvalue weighted by Crippen LogP contribution is -2.27. The molecule has 2 N–H and O–H groups in total. The van der Waals surface area contributed by atoms with Crippen molar-refractivity contribution < 1.29 is 9.59 Å². The first-order chi connectivity index (χ1) is 13.7. The Bertz CT molecular complexity index is 776. The van der Waals surface area contributed by atoms with Crippen molar-refractivity contribution in [3.8, 4) is 0 Å². The molecule has 2 unspecified atom stereocenters. The summed E-state index contributed by atoms with van der Waals surface area (Å²) in [6, 6.07) is -0.131. The molecule has 9 heteroatoms. The van der Waals surface area contributed by atoms with Gasteiger partial charge in [-0.2, -0.15) is 22.0 Å². The minimum Gasteiger partial charge on any atom is -0.349 e. The normalized spacial score (nSPS) is 13.2. The van der Waals surface area contributed by atoms with E-state index >= 15 is 0 Å². The topological polar surface area (TPSA) is 93.8 Å². The van der Waals surface area contributed by atoms with Gasteiger partial charge in [-0.05, 0) is 27.7 Å². The first kappa shape index (κ1) is 23.0. The quantitative estimate of drug-likeness (QED) is 0.576. The van der Waals surface area contributed by atoms with Crippen molar-refractivity contribution in [3.63, 3.8) is 0 Å². The van der Waals surface area contributed by atoms with Crippen LogP contribution < -0.4 is 10.6 Å². The number of hydrogen-bond acceptors (Lipinski definition) is 5. The molecule has 2 aromatic heterocycles. The van der Waals surface area contributed by atoms with Crippen molar-refractivity contribution in [1.82, 2.24) is 30.2 Å². The van der Waals surface area contributed by atoms with Crippen LogP contribution >= 0.6 is 11.8 Å². The zero-order valence-electron chi connectivity index (χ0n) is 18.2. The zero-order valence-corrected chi connectivity index (χ0v) is 19.0. The standard InChI is InChI=1S/C20H32N6O2S/c1-13(17-11-25(5)23-15(17)3)21-19(27)7-9-29-10-8-20(28)22-14(2)18-12-26(6)24-16(18)4/h11-14H,7-10H2,1-6H3,(H,21,27)(H,22,28). The lowest BCUT2D eigenvalue weighted by atomic mass is 10.1. The number of aryl methyl sites for hydroxylation is 4. The average Bonchev–Trinajstić information content (AvgIpc) is 3.14. The molecule has 0 saturated heterocycles. The summed E-state index contributed by atoms with van der Waals surface area (Å²) < 4.78 is 3.51. The fraction of sp³-hybridized carbons (Fsp3) is 0.600. The van der Waals surface area contributed by atoms with Crippen LogP contribution in [0, 0.1) is 13.8 Å². The van der Waals surface area contributed by atoms with Gasteiger partial charge in [-0.1, -0.05) is 0 Å². The van der Waals surface area contributed by atoms with Gasteiger partial charge in [0.1, 0.15) is 0 Å². The van der Waals surface area contributed by atoms with Gasteiger partial charge in [0.25, 0.3) is 0 Å². The summed E-state index contributed by atoms with van der Waals surface area (Å²) in [6.07, 6.45) is 4.73. The highest BCUT2D eigenvalue weighted by Crippen LogP contribution is 2.17. The predicted molar refractivity (Wildman–Crippen MR) is 116 cm³/mol. The number of rotatable bonds is 10. The van der Waals surface area contributed by atoms with Crippen LogP contribution in [0.1, 0.15) is 61.3 Å². The summed E-state index contributed by atoms with van der Waals surface area (Å²) in [7, 11) is 3.74. The molecule has 29 heavy (non-hydrogen) atoms. The molecular weight excluding hydrogens is 388 g/mol. The van der Waals surface area contributed by atoms with Crippen LogP contribution in [0.5, 0.6) is 0 Å². The van der Waals surface area contributed by atoms with Gasteiger partial charge < -0.3 is 10.6 Å². The lowest BCUT2D eigenvalue weighted by molar-refractivity contribution is -0.122. The Morgan fingerprint density at radius 1 is 0.897 bits per heavy atom. The van der Waals surface area contributed by atoms with Crippen molar-refractivity contribution in [2.24, 2.45) is 14.1 Å². The van der Waals surface area contributed by atoms with Gasteiger partial charge in [0.2, 0.25) is 11.8 Å². The van der Waals surface area contributed by atoms with Crippen molar-refractivity contribution >= 4 is 23.6 Å². The Labute approximate surface area is 176 Å². The molecule has 0 aliphatic heterocycles. The minimum atomic E-state index is -0.0654. The molecule has 2 amide bonds. The maximum atomic E-state index is 12.1. The van der Waals surface area contributed by atoms with E-state index in [1.54, 1.807) is 21.1 Å². The fourth-order valence-electron chi connectivity index (χ4n) is 3.30. The molecule has 8 nitrogen and oxygen atoms in total.